The second-order valence-electron chi connectivity index (χ2n) is 5.91. The molecule has 1 N–H and O–H groups in total. The van der Waals surface area contributed by atoms with Gasteiger partial charge in [-0.2, -0.15) is 10.1 Å². The number of hydrogen-bond donors (Lipinski definition) is 1. The summed E-state index contributed by atoms with van der Waals surface area (Å²) in [6, 6.07) is 4.71. The number of amides is 2. The predicted octanol–water partition coefficient (Wildman–Crippen LogP) is 0.468. The topological polar surface area (TPSA) is 95.9 Å². The molecule has 2 aliphatic rings. The lowest BCUT2D eigenvalue weighted by Gasteiger charge is -2.16. The Balaban J connectivity index is 1.73. The van der Waals surface area contributed by atoms with Crippen molar-refractivity contribution < 1.29 is 22.4 Å². The van der Waals surface area contributed by atoms with Crippen molar-refractivity contribution in [3.05, 3.63) is 30.1 Å². The van der Waals surface area contributed by atoms with Crippen LogP contribution in [0.5, 0.6) is 0 Å². The highest BCUT2D eigenvalue weighted by Crippen LogP contribution is 2.24. The summed E-state index contributed by atoms with van der Waals surface area (Å²) in [5.74, 6) is -2.73. The fourth-order valence-corrected chi connectivity index (χ4v) is 4.50. The maximum atomic E-state index is 13.0. The Morgan fingerprint density at radius 2 is 2.00 bits per heavy atom. The smallest absolute Gasteiger partial charge is 0.265 e. The molecule has 24 heavy (non-hydrogen) atoms. The van der Waals surface area contributed by atoms with Gasteiger partial charge in [0.15, 0.2) is 15.8 Å². The zero-order chi connectivity index (χ0) is 17.5. The fraction of sp³-hybridized carbons (Fsp3) is 0.400. The van der Waals surface area contributed by atoms with Crippen molar-refractivity contribution in [3.63, 3.8) is 0 Å². The van der Waals surface area contributed by atoms with Gasteiger partial charge >= 0.3 is 0 Å². The molecule has 2 atom stereocenters. The van der Waals surface area contributed by atoms with Crippen LogP contribution in [0.15, 0.2) is 29.4 Å². The second-order valence-corrected chi connectivity index (χ2v) is 8.14. The first-order chi connectivity index (χ1) is 11.3. The van der Waals surface area contributed by atoms with Crippen LogP contribution in [0.4, 0.5) is 10.1 Å². The van der Waals surface area contributed by atoms with Gasteiger partial charge in [0.25, 0.3) is 5.91 Å². The molecule has 1 saturated heterocycles. The summed E-state index contributed by atoms with van der Waals surface area (Å²) >= 11 is 0. The van der Waals surface area contributed by atoms with E-state index < -0.39 is 39.4 Å². The summed E-state index contributed by atoms with van der Waals surface area (Å²) in [6.45, 7) is 1.55. The lowest BCUT2D eigenvalue weighted by atomic mass is 10.0. The van der Waals surface area contributed by atoms with Crippen LogP contribution in [-0.2, 0) is 19.4 Å². The van der Waals surface area contributed by atoms with Gasteiger partial charge in [-0.3, -0.25) is 9.59 Å². The molecule has 9 heteroatoms. The van der Waals surface area contributed by atoms with Crippen LogP contribution >= 0.6 is 0 Å². The molecule has 0 saturated carbocycles. The Bertz CT molecular complexity index is 820. The number of nitrogens with one attached hydrogen (secondary N) is 1. The van der Waals surface area contributed by atoms with Crippen LogP contribution in [0, 0.1) is 11.7 Å². The van der Waals surface area contributed by atoms with Crippen molar-refractivity contribution in [2.24, 2.45) is 11.0 Å². The Morgan fingerprint density at radius 3 is 2.58 bits per heavy atom. The maximum absolute atomic E-state index is 13.0. The summed E-state index contributed by atoms with van der Waals surface area (Å²) in [5, 5.41) is 7.75. The summed E-state index contributed by atoms with van der Waals surface area (Å²) in [5.41, 5.74) is 0.669. The average Bonchev–Trinajstić information content (AvgIpc) is 2.99. The summed E-state index contributed by atoms with van der Waals surface area (Å²) in [6.07, 6.45) is 0.340. The van der Waals surface area contributed by atoms with Crippen LogP contribution in [0.3, 0.4) is 0 Å². The number of hydrazone groups is 1. The number of hydrogen-bond acceptors (Lipinski definition) is 5. The molecule has 2 heterocycles. The summed E-state index contributed by atoms with van der Waals surface area (Å²) in [7, 11) is -3.13. The van der Waals surface area contributed by atoms with E-state index in [0.29, 0.717) is 17.8 Å². The minimum Gasteiger partial charge on any atom is -0.351 e. The highest BCUT2D eigenvalue weighted by Gasteiger charge is 2.41. The number of anilines is 1. The van der Waals surface area contributed by atoms with Crippen LogP contribution in [0.2, 0.25) is 0 Å². The number of carbonyl (C=O) groups is 2. The van der Waals surface area contributed by atoms with Crippen LogP contribution < -0.4 is 10.3 Å². The van der Waals surface area contributed by atoms with E-state index in [0.717, 1.165) is 5.01 Å². The molecule has 0 radical (unpaired) electrons. The quantitative estimate of drug-likeness (QED) is 0.799. The number of carbonyl (C=O) groups excluding carboxylic acids is 2. The van der Waals surface area contributed by atoms with Crippen LogP contribution in [0.1, 0.15) is 13.3 Å². The molecule has 2 aliphatic heterocycles. The number of nitrogens with zero attached hydrogens (tertiary/aromatic N) is 2. The molecule has 0 unspecified atom stereocenters. The van der Waals surface area contributed by atoms with Gasteiger partial charge in [0.1, 0.15) is 5.82 Å². The summed E-state index contributed by atoms with van der Waals surface area (Å²) in [4.78, 5) is 24.9. The highest BCUT2D eigenvalue weighted by molar-refractivity contribution is 7.91. The first-order valence-electron chi connectivity index (χ1n) is 7.42. The van der Waals surface area contributed by atoms with Crippen LogP contribution in [0.25, 0.3) is 0 Å². The fourth-order valence-electron chi connectivity index (χ4n) is 2.83. The largest absolute Gasteiger partial charge is 0.351 e. The molecule has 1 aromatic carbocycles. The molecule has 0 aromatic heterocycles. The number of halogens is 1. The standard InChI is InChI=1S/C15H16FN3O4S/c1-9-13(14(20)17-11-6-7-24(22,23)8-11)15(21)19(18-9)12-4-2-10(16)3-5-12/h2-5,11,13H,6-8H2,1H3,(H,17,20)/t11-,13+/m1/s1. The van der Waals surface area contributed by atoms with E-state index in [4.69, 9.17) is 0 Å². The van der Waals surface area contributed by atoms with Crippen molar-refractivity contribution in [2.75, 3.05) is 16.5 Å². The number of benzene rings is 1. The zero-order valence-electron chi connectivity index (χ0n) is 12.9. The molecular formula is C15H16FN3O4S. The minimum absolute atomic E-state index is 0.0331. The van der Waals surface area contributed by atoms with E-state index in [1.54, 1.807) is 6.92 Å². The first kappa shape index (κ1) is 16.6. The van der Waals surface area contributed by atoms with Gasteiger partial charge in [0.2, 0.25) is 5.91 Å². The monoisotopic (exact) mass is 353 g/mol. The van der Waals surface area contributed by atoms with E-state index in [1.165, 1.54) is 24.3 Å². The third-order valence-electron chi connectivity index (χ3n) is 4.04. The Labute approximate surface area is 138 Å². The van der Waals surface area contributed by atoms with Crippen molar-refractivity contribution in [2.45, 2.75) is 19.4 Å². The lowest BCUT2D eigenvalue weighted by molar-refractivity contribution is -0.130. The number of sulfone groups is 1. The Kier molecular flexibility index (Phi) is 4.12. The van der Waals surface area contributed by atoms with E-state index in [9.17, 15) is 22.4 Å². The molecule has 0 spiro atoms. The third kappa shape index (κ3) is 3.16. The zero-order valence-corrected chi connectivity index (χ0v) is 13.7. The van der Waals surface area contributed by atoms with E-state index in [2.05, 4.69) is 10.4 Å². The molecule has 1 fully saturated rings. The molecule has 128 valence electrons. The minimum atomic E-state index is -3.13. The second kappa shape index (κ2) is 5.97. The third-order valence-corrected chi connectivity index (χ3v) is 5.81. The van der Waals surface area contributed by atoms with Gasteiger partial charge in [0.05, 0.1) is 22.9 Å². The molecule has 0 bridgehead atoms. The molecular weight excluding hydrogens is 337 g/mol. The van der Waals surface area contributed by atoms with Crippen molar-refractivity contribution >= 4 is 33.1 Å². The van der Waals surface area contributed by atoms with Crippen molar-refractivity contribution in [1.29, 1.82) is 0 Å². The van der Waals surface area contributed by atoms with Gasteiger partial charge < -0.3 is 5.32 Å². The first-order valence-corrected chi connectivity index (χ1v) is 9.24. The SMILES string of the molecule is CC1=NN(c2ccc(F)cc2)C(=O)[C@@H]1C(=O)N[C@@H]1CCS(=O)(=O)C1. The molecule has 0 aliphatic carbocycles. The van der Waals surface area contributed by atoms with Gasteiger partial charge in [-0.05, 0) is 37.6 Å². The van der Waals surface area contributed by atoms with E-state index in [1.807, 2.05) is 0 Å². The molecule has 3 rings (SSSR count). The van der Waals surface area contributed by atoms with Crippen LogP contribution in [-0.4, -0.2) is 43.5 Å². The van der Waals surface area contributed by atoms with Crippen molar-refractivity contribution in [3.8, 4) is 0 Å². The van der Waals surface area contributed by atoms with Gasteiger partial charge in [0, 0.05) is 6.04 Å². The summed E-state index contributed by atoms with van der Waals surface area (Å²) < 4.78 is 35.9. The Morgan fingerprint density at radius 1 is 1.33 bits per heavy atom. The Hall–Kier alpha value is -2.29. The van der Waals surface area contributed by atoms with Gasteiger partial charge in [-0.15, -0.1) is 0 Å². The molecule has 7 nitrogen and oxygen atoms in total. The van der Waals surface area contributed by atoms with Crippen molar-refractivity contribution in [1.82, 2.24) is 5.32 Å². The van der Waals surface area contributed by atoms with Gasteiger partial charge in [-0.25, -0.2) is 12.8 Å². The van der Waals surface area contributed by atoms with E-state index in [-0.39, 0.29) is 11.5 Å². The number of rotatable bonds is 3. The molecule has 1 aromatic rings. The van der Waals surface area contributed by atoms with Gasteiger partial charge in [-0.1, -0.05) is 0 Å². The maximum Gasteiger partial charge on any atom is 0.265 e. The normalized spacial score (nSPS) is 25.7. The lowest BCUT2D eigenvalue weighted by Crippen LogP contribution is -2.44. The van der Waals surface area contributed by atoms with E-state index >= 15 is 0 Å². The highest BCUT2D eigenvalue weighted by atomic mass is 32.2. The predicted molar refractivity (Wildman–Crippen MR) is 85.7 cm³/mol. The average molecular weight is 353 g/mol. The molecule has 2 amide bonds.